The summed E-state index contributed by atoms with van der Waals surface area (Å²) < 4.78 is 1.72. The molecule has 0 saturated carbocycles. The third-order valence-corrected chi connectivity index (χ3v) is 4.15. The average Bonchev–Trinajstić information content (AvgIpc) is 3.23. The second kappa shape index (κ2) is 6.57. The van der Waals surface area contributed by atoms with Gasteiger partial charge in [-0.2, -0.15) is 10.4 Å². The molecule has 3 aromatic heterocycles. The fourth-order valence-corrected chi connectivity index (χ4v) is 2.87. The van der Waals surface area contributed by atoms with Crippen LogP contribution in [0.1, 0.15) is 5.69 Å². The van der Waals surface area contributed by atoms with Crippen LogP contribution in [0.5, 0.6) is 0 Å². The molecule has 0 amide bonds. The minimum absolute atomic E-state index is 0.444. The lowest BCUT2D eigenvalue weighted by molar-refractivity contribution is 0.640. The lowest BCUT2D eigenvalue weighted by Gasteiger charge is -2.36. The molecule has 4 heterocycles. The molecule has 0 radical (unpaired) electrons. The van der Waals surface area contributed by atoms with Crippen molar-refractivity contribution >= 4 is 11.6 Å². The molecule has 0 N–H and O–H groups in total. The number of hydrogen-bond acceptors (Lipinski definition) is 7. The van der Waals surface area contributed by atoms with E-state index in [1.54, 1.807) is 23.3 Å². The highest BCUT2D eigenvalue weighted by atomic mass is 15.3. The monoisotopic (exact) mass is 332 g/mol. The standard InChI is InChI=1S/C17H16N8/c18-12-14-3-1-4-15(22-14)23-7-9-24(10-8-23)16-11-17(20-13-19-16)25-6-2-5-21-25/h1-6,11,13H,7-10H2. The number of rotatable bonds is 3. The summed E-state index contributed by atoms with van der Waals surface area (Å²) in [4.78, 5) is 17.4. The van der Waals surface area contributed by atoms with Gasteiger partial charge in [0.2, 0.25) is 0 Å². The van der Waals surface area contributed by atoms with Crippen molar-refractivity contribution in [1.82, 2.24) is 24.7 Å². The van der Waals surface area contributed by atoms with Gasteiger partial charge in [0.1, 0.15) is 29.7 Å². The molecule has 8 nitrogen and oxygen atoms in total. The van der Waals surface area contributed by atoms with Gasteiger partial charge < -0.3 is 9.80 Å². The zero-order valence-electron chi connectivity index (χ0n) is 13.5. The van der Waals surface area contributed by atoms with Crippen LogP contribution in [0.3, 0.4) is 0 Å². The maximum absolute atomic E-state index is 8.99. The first-order valence-electron chi connectivity index (χ1n) is 8.02. The molecule has 8 heteroatoms. The highest BCUT2D eigenvalue weighted by Gasteiger charge is 2.20. The highest BCUT2D eigenvalue weighted by molar-refractivity contribution is 5.47. The van der Waals surface area contributed by atoms with Crippen LogP contribution in [0.2, 0.25) is 0 Å². The number of anilines is 2. The van der Waals surface area contributed by atoms with Crippen LogP contribution in [-0.4, -0.2) is 50.9 Å². The molecule has 3 aromatic rings. The van der Waals surface area contributed by atoms with E-state index in [2.05, 4.69) is 35.9 Å². The minimum Gasteiger partial charge on any atom is -0.353 e. The van der Waals surface area contributed by atoms with Gasteiger partial charge in [0.05, 0.1) is 0 Å². The molecule has 0 aliphatic carbocycles. The Morgan fingerprint density at radius 2 is 1.68 bits per heavy atom. The Kier molecular flexibility index (Phi) is 3.96. The molecule has 25 heavy (non-hydrogen) atoms. The lowest BCUT2D eigenvalue weighted by atomic mass is 10.3. The third-order valence-electron chi connectivity index (χ3n) is 4.15. The van der Waals surface area contributed by atoms with Crippen LogP contribution in [0.4, 0.5) is 11.6 Å². The normalized spacial score (nSPS) is 14.4. The Morgan fingerprint density at radius 1 is 0.920 bits per heavy atom. The van der Waals surface area contributed by atoms with E-state index in [9.17, 15) is 0 Å². The summed E-state index contributed by atoms with van der Waals surface area (Å²) in [5, 5.41) is 13.2. The number of aromatic nitrogens is 5. The van der Waals surface area contributed by atoms with Crippen LogP contribution >= 0.6 is 0 Å². The van der Waals surface area contributed by atoms with Gasteiger partial charge in [-0.05, 0) is 18.2 Å². The van der Waals surface area contributed by atoms with Crippen molar-refractivity contribution < 1.29 is 0 Å². The third kappa shape index (κ3) is 3.12. The first-order valence-corrected chi connectivity index (χ1v) is 8.02. The van der Waals surface area contributed by atoms with Gasteiger partial charge >= 0.3 is 0 Å². The molecule has 124 valence electrons. The van der Waals surface area contributed by atoms with E-state index in [4.69, 9.17) is 5.26 Å². The van der Waals surface area contributed by atoms with Gasteiger partial charge in [-0.1, -0.05) is 6.07 Å². The fourth-order valence-electron chi connectivity index (χ4n) is 2.87. The summed E-state index contributed by atoms with van der Waals surface area (Å²) in [7, 11) is 0. The largest absolute Gasteiger partial charge is 0.353 e. The first-order chi connectivity index (χ1) is 12.3. The molecule has 0 bridgehead atoms. The Balaban J connectivity index is 1.47. The SMILES string of the molecule is N#Cc1cccc(N2CCN(c3cc(-n4cccn4)ncn3)CC2)n1. The van der Waals surface area contributed by atoms with Crippen LogP contribution in [0.15, 0.2) is 49.1 Å². The van der Waals surface area contributed by atoms with Crippen LogP contribution < -0.4 is 9.80 Å². The predicted molar refractivity (Wildman–Crippen MR) is 92.5 cm³/mol. The van der Waals surface area contributed by atoms with Gasteiger partial charge in [0, 0.05) is 44.6 Å². The summed E-state index contributed by atoms with van der Waals surface area (Å²) in [6.45, 7) is 3.30. The van der Waals surface area contributed by atoms with Crippen molar-refractivity contribution in [1.29, 1.82) is 5.26 Å². The predicted octanol–water partition coefficient (Wildman–Crippen LogP) is 1.26. The number of hydrogen-bond donors (Lipinski definition) is 0. The fraction of sp³-hybridized carbons (Fsp3) is 0.235. The maximum atomic E-state index is 8.99. The van der Waals surface area contributed by atoms with Gasteiger partial charge in [0.25, 0.3) is 0 Å². The van der Waals surface area contributed by atoms with Crippen LogP contribution in [0.25, 0.3) is 5.82 Å². The van der Waals surface area contributed by atoms with E-state index in [0.717, 1.165) is 43.6 Å². The van der Waals surface area contributed by atoms with Crippen LogP contribution in [-0.2, 0) is 0 Å². The van der Waals surface area contributed by atoms with Gasteiger partial charge in [-0.3, -0.25) is 0 Å². The number of piperazine rings is 1. The topological polar surface area (TPSA) is 86.8 Å². The number of nitriles is 1. The van der Waals surface area contributed by atoms with Gasteiger partial charge in [-0.15, -0.1) is 0 Å². The van der Waals surface area contributed by atoms with Crippen molar-refractivity contribution in [2.45, 2.75) is 0 Å². The highest BCUT2D eigenvalue weighted by Crippen LogP contribution is 2.19. The molecule has 4 rings (SSSR count). The Bertz CT molecular complexity index is 891. The van der Waals surface area contributed by atoms with Crippen molar-refractivity contribution in [2.75, 3.05) is 36.0 Å². The van der Waals surface area contributed by atoms with E-state index in [0.29, 0.717) is 5.69 Å². The Hall–Kier alpha value is -3.47. The summed E-state index contributed by atoms with van der Waals surface area (Å²) in [6.07, 6.45) is 5.15. The Labute approximate surface area is 145 Å². The van der Waals surface area contributed by atoms with Crippen molar-refractivity contribution in [3.05, 3.63) is 54.7 Å². The second-order valence-electron chi connectivity index (χ2n) is 5.65. The molecular formula is C17H16N8. The Morgan fingerprint density at radius 3 is 2.40 bits per heavy atom. The number of pyridine rings is 1. The summed E-state index contributed by atoms with van der Waals surface area (Å²) >= 11 is 0. The quantitative estimate of drug-likeness (QED) is 0.713. The molecule has 0 spiro atoms. The van der Waals surface area contributed by atoms with Gasteiger partial charge in [-0.25, -0.2) is 19.6 Å². The second-order valence-corrected chi connectivity index (χ2v) is 5.65. The molecule has 1 aliphatic heterocycles. The minimum atomic E-state index is 0.444. The van der Waals surface area contributed by atoms with E-state index in [-0.39, 0.29) is 0 Å². The summed E-state index contributed by atoms with van der Waals surface area (Å²) in [6, 6.07) is 11.4. The van der Waals surface area contributed by atoms with E-state index < -0.39 is 0 Å². The molecule has 0 unspecified atom stereocenters. The molecule has 0 atom stereocenters. The molecule has 1 aliphatic rings. The summed E-state index contributed by atoms with van der Waals surface area (Å²) in [5.74, 6) is 2.48. The zero-order valence-corrected chi connectivity index (χ0v) is 13.5. The smallest absolute Gasteiger partial charge is 0.158 e. The van der Waals surface area contributed by atoms with Crippen molar-refractivity contribution in [3.63, 3.8) is 0 Å². The van der Waals surface area contributed by atoms with Crippen molar-refractivity contribution in [3.8, 4) is 11.9 Å². The van der Waals surface area contributed by atoms with E-state index >= 15 is 0 Å². The number of nitrogens with zero attached hydrogens (tertiary/aromatic N) is 8. The maximum Gasteiger partial charge on any atom is 0.158 e. The molecule has 1 fully saturated rings. The van der Waals surface area contributed by atoms with E-state index in [1.165, 1.54) is 0 Å². The molecule has 1 saturated heterocycles. The molecule has 0 aromatic carbocycles. The van der Waals surface area contributed by atoms with Gasteiger partial charge in [0.15, 0.2) is 5.82 Å². The zero-order chi connectivity index (χ0) is 17.1. The average molecular weight is 332 g/mol. The molecular weight excluding hydrogens is 316 g/mol. The lowest BCUT2D eigenvalue weighted by Crippen LogP contribution is -2.47. The van der Waals surface area contributed by atoms with Crippen LogP contribution in [0, 0.1) is 11.3 Å². The van der Waals surface area contributed by atoms with Crippen molar-refractivity contribution in [2.24, 2.45) is 0 Å². The summed E-state index contributed by atoms with van der Waals surface area (Å²) in [5.41, 5.74) is 0.444. The first kappa shape index (κ1) is 15.1. The van der Waals surface area contributed by atoms with E-state index in [1.807, 2.05) is 30.5 Å².